The molecule has 0 fully saturated rings. The highest BCUT2D eigenvalue weighted by Crippen LogP contribution is 2.45. The molecule has 0 bridgehead atoms. The van der Waals surface area contributed by atoms with Gasteiger partial charge in [-0.05, 0) is 78.7 Å². The molecular formula is C11H11Br4N. The Morgan fingerprint density at radius 1 is 1.12 bits per heavy atom. The Kier molecular flexibility index (Phi) is 4.42. The molecule has 0 aromatic heterocycles. The molecule has 0 amide bonds. The highest BCUT2D eigenvalue weighted by Gasteiger charge is 2.24. The molecule has 0 spiro atoms. The van der Waals surface area contributed by atoms with E-state index < -0.39 is 0 Å². The van der Waals surface area contributed by atoms with E-state index in [1.807, 2.05) is 0 Å². The molecule has 1 aromatic carbocycles. The molecule has 1 aliphatic rings. The van der Waals surface area contributed by atoms with E-state index in [0.29, 0.717) is 0 Å². The molecular weight excluding hydrogens is 466 g/mol. The van der Waals surface area contributed by atoms with Gasteiger partial charge in [0.05, 0.1) is 5.45 Å². The number of nitrogens with zero attached hydrogens (tertiary/aromatic N) is 1. The van der Waals surface area contributed by atoms with Gasteiger partial charge in [0.1, 0.15) is 0 Å². The van der Waals surface area contributed by atoms with Crippen molar-refractivity contribution in [2.24, 2.45) is 0 Å². The number of halogens is 4. The number of anilines is 1. The van der Waals surface area contributed by atoms with Gasteiger partial charge >= 0.3 is 0 Å². The second-order valence-corrected chi connectivity index (χ2v) is 6.76. The van der Waals surface area contributed by atoms with Crippen LogP contribution in [0.2, 0.25) is 0 Å². The smallest absolute Gasteiger partial charge is 0.0736 e. The molecule has 0 atom stereocenters. The third kappa shape index (κ3) is 2.13. The molecule has 5 heteroatoms. The van der Waals surface area contributed by atoms with Gasteiger partial charge in [0.15, 0.2) is 0 Å². The summed E-state index contributed by atoms with van der Waals surface area (Å²) < 4.78 is 3.46. The van der Waals surface area contributed by atoms with E-state index in [-0.39, 0.29) is 0 Å². The summed E-state index contributed by atoms with van der Waals surface area (Å²) in [6.45, 7) is 3.29. The standard InChI is InChI=1S/C11H11Br4N/c1-6-8(13)10(15)9(14)7-3-2-4-16(5-12)11(6)7/h2-5H2,1H3. The monoisotopic (exact) mass is 473 g/mol. The van der Waals surface area contributed by atoms with E-state index in [1.54, 1.807) is 0 Å². The Morgan fingerprint density at radius 2 is 1.81 bits per heavy atom. The normalized spacial score (nSPS) is 15.2. The Morgan fingerprint density at radius 3 is 2.44 bits per heavy atom. The number of alkyl halides is 1. The lowest BCUT2D eigenvalue weighted by atomic mass is 9.99. The van der Waals surface area contributed by atoms with Crippen molar-refractivity contribution in [2.75, 3.05) is 16.9 Å². The SMILES string of the molecule is Cc1c(Br)c(Br)c(Br)c2c1N(CBr)CCC2. The van der Waals surface area contributed by atoms with Gasteiger partial charge in [-0.15, -0.1) is 0 Å². The lowest BCUT2D eigenvalue weighted by Crippen LogP contribution is -2.29. The van der Waals surface area contributed by atoms with Crippen LogP contribution >= 0.6 is 63.7 Å². The van der Waals surface area contributed by atoms with Gasteiger partial charge in [0.2, 0.25) is 0 Å². The van der Waals surface area contributed by atoms with Gasteiger partial charge < -0.3 is 4.90 Å². The minimum atomic E-state index is 0.890. The van der Waals surface area contributed by atoms with Crippen molar-refractivity contribution in [3.63, 3.8) is 0 Å². The molecule has 0 saturated heterocycles. The average molecular weight is 477 g/mol. The summed E-state index contributed by atoms with van der Waals surface area (Å²) in [6.07, 6.45) is 2.36. The highest BCUT2D eigenvalue weighted by atomic mass is 79.9. The molecule has 1 aliphatic heterocycles. The van der Waals surface area contributed by atoms with Gasteiger partial charge in [0, 0.05) is 25.7 Å². The van der Waals surface area contributed by atoms with Gasteiger partial charge in [-0.2, -0.15) is 0 Å². The first kappa shape index (κ1) is 13.4. The summed E-state index contributed by atoms with van der Waals surface area (Å²) >= 11 is 14.5. The summed E-state index contributed by atoms with van der Waals surface area (Å²) in [6, 6.07) is 0. The lowest BCUT2D eigenvalue weighted by Gasteiger charge is -2.33. The fourth-order valence-corrected chi connectivity index (χ4v) is 4.44. The maximum atomic E-state index is 3.69. The first-order valence-corrected chi connectivity index (χ1v) is 8.54. The number of rotatable bonds is 1. The Labute approximate surface area is 129 Å². The van der Waals surface area contributed by atoms with E-state index >= 15 is 0 Å². The number of benzene rings is 1. The van der Waals surface area contributed by atoms with E-state index in [9.17, 15) is 0 Å². The quantitative estimate of drug-likeness (QED) is 0.298. The summed E-state index contributed by atoms with van der Waals surface area (Å²) in [5.74, 6) is 0. The van der Waals surface area contributed by atoms with Gasteiger partial charge in [0.25, 0.3) is 0 Å². The van der Waals surface area contributed by atoms with Crippen LogP contribution in [0.4, 0.5) is 5.69 Å². The summed E-state index contributed by atoms with van der Waals surface area (Å²) in [5.41, 5.74) is 4.98. The van der Waals surface area contributed by atoms with Crippen LogP contribution in [0.15, 0.2) is 13.4 Å². The zero-order valence-electron chi connectivity index (χ0n) is 8.79. The van der Waals surface area contributed by atoms with Crippen molar-refractivity contribution in [1.82, 2.24) is 0 Å². The molecule has 0 unspecified atom stereocenters. The topological polar surface area (TPSA) is 3.24 Å². The highest BCUT2D eigenvalue weighted by molar-refractivity contribution is 9.14. The van der Waals surface area contributed by atoms with Crippen molar-refractivity contribution >= 4 is 69.4 Å². The summed E-state index contributed by atoms with van der Waals surface area (Å²) in [4.78, 5) is 2.39. The third-order valence-electron chi connectivity index (χ3n) is 2.94. The minimum Gasteiger partial charge on any atom is -0.361 e. The van der Waals surface area contributed by atoms with Gasteiger partial charge in [-0.3, -0.25) is 0 Å². The zero-order valence-corrected chi connectivity index (χ0v) is 15.1. The Bertz CT molecular complexity index is 431. The van der Waals surface area contributed by atoms with E-state index in [2.05, 4.69) is 75.5 Å². The molecule has 2 rings (SSSR count). The van der Waals surface area contributed by atoms with Crippen LogP contribution in [0.3, 0.4) is 0 Å². The zero-order chi connectivity index (χ0) is 11.9. The van der Waals surface area contributed by atoms with Crippen molar-refractivity contribution in [3.05, 3.63) is 24.5 Å². The van der Waals surface area contributed by atoms with E-state index in [1.165, 1.54) is 27.7 Å². The van der Waals surface area contributed by atoms with Crippen molar-refractivity contribution < 1.29 is 0 Å². The van der Waals surface area contributed by atoms with Crippen molar-refractivity contribution in [2.45, 2.75) is 19.8 Å². The maximum absolute atomic E-state index is 3.69. The second-order valence-electron chi connectivity index (χ2n) is 3.88. The molecule has 0 saturated carbocycles. The van der Waals surface area contributed by atoms with Gasteiger partial charge in [-0.25, -0.2) is 0 Å². The van der Waals surface area contributed by atoms with Crippen LogP contribution in [0.5, 0.6) is 0 Å². The molecule has 0 aliphatic carbocycles. The molecule has 1 aromatic rings. The molecule has 1 nitrogen and oxygen atoms in total. The fraction of sp³-hybridized carbons (Fsp3) is 0.455. The average Bonchev–Trinajstić information content (AvgIpc) is 2.32. The molecule has 1 heterocycles. The van der Waals surface area contributed by atoms with Crippen LogP contribution in [0, 0.1) is 6.92 Å². The van der Waals surface area contributed by atoms with Crippen LogP contribution in [-0.4, -0.2) is 12.0 Å². The van der Waals surface area contributed by atoms with Crippen LogP contribution in [-0.2, 0) is 6.42 Å². The summed E-state index contributed by atoms with van der Waals surface area (Å²) in [7, 11) is 0. The lowest BCUT2D eigenvalue weighted by molar-refractivity contribution is 0.732. The maximum Gasteiger partial charge on any atom is 0.0736 e. The molecule has 88 valence electrons. The predicted octanol–water partition coefficient (Wildman–Crippen LogP) is 5.39. The Hall–Kier alpha value is 0.940. The molecule has 16 heavy (non-hydrogen) atoms. The largest absolute Gasteiger partial charge is 0.361 e. The summed E-state index contributed by atoms with van der Waals surface area (Å²) in [5, 5.41) is 0. The fourth-order valence-electron chi connectivity index (χ4n) is 2.16. The molecule has 0 N–H and O–H groups in total. The van der Waals surface area contributed by atoms with Crippen molar-refractivity contribution in [1.29, 1.82) is 0 Å². The van der Waals surface area contributed by atoms with E-state index in [4.69, 9.17) is 0 Å². The van der Waals surface area contributed by atoms with Crippen LogP contribution < -0.4 is 4.90 Å². The van der Waals surface area contributed by atoms with Crippen LogP contribution in [0.25, 0.3) is 0 Å². The number of hydrogen-bond donors (Lipinski definition) is 0. The van der Waals surface area contributed by atoms with E-state index in [0.717, 1.165) is 27.4 Å². The second kappa shape index (κ2) is 5.29. The van der Waals surface area contributed by atoms with Crippen LogP contribution in [0.1, 0.15) is 17.5 Å². The number of fused-ring (bicyclic) bond motifs is 1. The first-order valence-electron chi connectivity index (χ1n) is 5.04. The first-order chi connectivity index (χ1) is 7.57. The minimum absolute atomic E-state index is 0.890. The third-order valence-corrected chi connectivity index (χ3v) is 7.26. The molecule has 0 radical (unpaired) electrons. The number of hydrogen-bond acceptors (Lipinski definition) is 1. The van der Waals surface area contributed by atoms with Crippen molar-refractivity contribution in [3.8, 4) is 0 Å². The predicted molar refractivity (Wildman–Crippen MR) is 83.7 cm³/mol. The Balaban J connectivity index is 2.70. The van der Waals surface area contributed by atoms with Gasteiger partial charge in [-0.1, -0.05) is 15.9 Å².